The number of fused-ring (bicyclic) bond motifs is 1. The number of aliphatic carboxylic acids is 1. The number of nitrogens with zero attached hydrogens (tertiary/aromatic N) is 2. The number of carbonyl (C=O) groups is 2. The van der Waals surface area contributed by atoms with E-state index in [2.05, 4.69) is 31.1 Å². The van der Waals surface area contributed by atoms with Gasteiger partial charge in [-0.25, -0.2) is 9.78 Å². The fraction of sp³-hybridized carbons (Fsp3) is 0.476. The molecule has 0 aromatic carbocycles. The van der Waals surface area contributed by atoms with Crippen LogP contribution in [0.4, 0.5) is 5.69 Å². The van der Waals surface area contributed by atoms with Gasteiger partial charge in [0.15, 0.2) is 0 Å². The van der Waals surface area contributed by atoms with Crippen LogP contribution in [0.15, 0.2) is 28.9 Å². The Morgan fingerprint density at radius 1 is 1.37 bits per heavy atom. The number of ether oxygens (including phenoxy) is 1. The average Bonchev–Trinajstić information content (AvgIpc) is 3.40. The number of amides is 1. The van der Waals surface area contributed by atoms with Crippen molar-refractivity contribution in [1.29, 1.82) is 0 Å². The maximum absolute atomic E-state index is 12.7. The van der Waals surface area contributed by atoms with Crippen molar-refractivity contribution in [1.82, 2.24) is 10.3 Å². The molecule has 9 heteroatoms. The molecule has 2 aromatic rings. The molecule has 1 atom stereocenters. The highest BCUT2D eigenvalue weighted by atomic mass is 79.9. The van der Waals surface area contributed by atoms with Crippen molar-refractivity contribution in [3.8, 4) is 5.88 Å². The summed E-state index contributed by atoms with van der Waals surface area (Å²) in [6.45, 7) is 1.92. The van der Waals surface area contributed by atoms with Crippen LogP contribution < -0.4 is 15.0 Å². The number of carbonyl (C=O) groups excluding carboxylic acids is 1. The van der Waals surface area contributed by atoms with Crippen LogP contribution in [0.3, 0.4) is 0 Å². The van der Waals surface area contributed by atoms with Gasteiger partial charge in [0.25, 0.3) is 5.91 Å². The Balaban J connectivity index is 1.41. The molecule has 0 radical (unpaired) electrons. The van der Waals surface area contributed by atoms with Gasteiger partial charge in [0, 0.05) is 15.5 Å². The average molecular weight is 494 g/mol. The molecule has 2 aromatic heterocycles. The lowest BCUT2D eigenvalue weighted by molar-refractivity contribution is -0.139. The molecule has 0 saturated heterocycles. The van der Waals surface area contributed by atoms with Crippen molar-refractivity contribution in [2.45, 2.75) is 44.7 Å². The number of anilines is 1. The first-order chi connectivity index (χ1) is 14.5. The maximum atomic E-state index is 12.7. The van der Waals surface area contributed by atoms with E-state index in [9.17, 15) is 14.7 Å². The smallest absolute Gasteiger partial charge is 0.326 e. The van der Waals surface area contributed by atoms with Crippen LogP contribution in [0.2, 0.25) is 0 Å². The molecule has 2 N–H and O–H groups in total. The van der Waals surface area contributed by atoms with Crippen LogP contribution in [0.25, 0.3) is 0 Å². The van der Waals surface area contributed by atoms with Crippen molar-refractivity contribution in [3.05, 3.63) is 38.6 Å². The Hall–Kier alpha value is -2.13. The van der Waals surface area contributed by atoms with E-state index in [4.69, 9.17) is 4.74 Å². The number of pyridine rings is 1. The predicted molar refractivity (Wildman–Crippen MR) is 118 cm³/mol. The van der Waals surface area contributed by atoms with Gasteiger partial charge in [-0.2, -0.15) is 0 Å². The Morgan fingerprint density at radius 3 is 2.93 bits per heavy atom. The van der Waals surface area contributed by atoms with Crippen LogP contribution in [0, 0.1) is 5.92 Å². The number of nitrogens with one attached hydrogen (secondary N) is 1. The first kappa shape index (κ1) is 21.1. The summed E-state index contributed by atoms with van der Waals surface area (Å²) in [5, 5.41) is 12.2. The minimum atomic E-state index is -0.963. The number of hydrogen-bond acceptors (Lipinski definition) is 6. The highest BCUT2D eigenvalue weighted by Crippen LogP contribution is 2.33. The number of halogens is 1. The SMILES string of the molecule is O=C(N[C@@H](CC1CCCC1)C(=O)O)c1ccc(CN2CCOc3ncc(Br)cc32)s1. The number of aromatic nitrogens is 1. The summed E-state index contributed by atoms with van der Waals surface area (Å²) in [5.74, 6) is -0.284. The molecule has 0 bridgehead atoms. The molecule has 3 heterocycles. The zero-order valence-corrected chi connectivity index (χ0v) is 18.9. The molecule has 7 nitrogen and oxygen atoms in total. The highest BCUT2D eigenvalue weighted by molar-refractivity contribution is 9.10. The van der Waals surface area contributed by atoms with Crippen LogP contribution in [-0.4, -0.2) is 41.2 Å². The normalized spacial score (nSPS) is 17.3. The Bertz CT molecular complexity index is 929. The minimum Gasteiger partial charge on any atom is -0.480 e. The Labute approximate surface area is 187 Å². The largest absolute Gasteiger partial charge is 0.480 e. The molecule has 1 aliphatic heterocycles. The number of rotatable bonds is 7. The summed E-state index contributed by atoms with van der Waals surface area (Å²) in [6.07, 6.45) is 6.61. The zero-order valence-electron chi connectivity index (χ0n) is 16.5. The van der Waals surface area contributed by atoms with Crippen LogP contribution in [-0.2, 0) is 11.3 Å². The van der Waals surface area contributed by atoms with Gasteiger partial charge in [-0.3, -0.25) is 4.79 Å². The fourth-order valence-electron chi connectivity index (χ4n) is 4.09. The number of carboxylic acids is 1. The fourth-order valence-corrected chi connectivity index (χ4v) is 5.34. The van der Waals surface area contributed by atoms with Gasteiger partial charge in [0.05, 0.1) is 18.0 Å². The first-order valence-electron chi connectivity index (χ1n) is 10.2. The predicted octanol–water partition coefficient (Wildman–Crippen LogP) is 4.07. The second-order valence-electron chi connectivity index (χ2n) is 7.76. The minimum absolute atomic E-state index is 0.316. The molecule has 2 aliphatic rings. The van der Waals surface area contributed by atoms with E-state index >= 15 is 0 Å². The molecule has 4 rings (SSSR count). The summed E-state index contributed by atoms with van der Waals surface area (Å²) >= 11 is 4.84. The molecule has 1 saturated carbocycles. The molecule has 1 amide bonds. The van der Waals surface area contributed by atoms with Gasteiger partial charge in [0.2, 0.25) is 5.88 Å². The van der Waals surface area contributed by atoms with Crippen molar-refractivity contribution in [2.24, 2.45) is 5.92 Å². The number of hydrogen-bond donors (Lipinski definition) is 2. The van der Waals surface area contributed by atoms with Gasteiger partial charge < -0.3 is 20.1 Å². The van der Waals surface area contributed by atoms with Crippen molar-refractivity contribution in [3.63, 3.8) is 0 Å². The van der Waals surface area contributed by atoms with Gasteiger partial charge in [0.1, 0.15) is 18.3 Å². The molecule has 1 aliphatic carbocycles. The number of carboxylic acid groups (broad SMARTS) is 1. The van der Waals surface area contributed by atoms with Crippen LogP contribution >= 0.6 is 27.3 Å². The lowest BCUT2D eigenvalue weighted by Gasteiger charge is -2.30. The van der Waals surface area contributed by atoms with E-state index in [1.165, 1.54) is 11.3 Å². The molecular formula is C21H24BrN3O4S. The molecule has 1 fully saturated rings. The summed E-state index contributed by atoms with van der Waals surface area (Å²) in [5.41, 5.74) is 0.914. The quantitative estimate of drug-likeness (QED) is 0.603. The topological polar surface area (TPSA) is 91.8 Å². The second kappa shape index (κ2) is 9.34. The van der Waals surface area contributed by atoms with E-state index in [0.717, 1.165) is 47.3 Å². The monoisotopic (exact) mass is 493 g/mol. The first-order valence-corrected chi connectivity index (χ1v) is 11.8. The van der Waals surface area contributed by atoms with Gasteiger partial charge in [-0.05, 0) is 46.5 Å². The second-order valence-corrected chi connectivity index (χ2v) is 9.85. The van der Waals surface area contributed by atoms with Gasteiger partial charge >= 0.3 is 5.97 Å². The van der Waals surface area contributed by atoms with E-state index in [1.54, 1.807) is 12.3 Å². The third-order valence-electron chi connectivity index (χ3n) is 5.62. The molecule has 160 valence electrons. The van der Waals surface area contributed by atoms with E-state index in [1.807, 2.05) is 12.1 Å². The van der Waals surface area contributed by atoms with Crippen molar-refractivity contribution in [2.75, 3.05) is 18.1 Å². The maximum Gasteiger partial charge on any atom is 0.326 e. The Kier molecular flexibility index (Phi) is 6.58. The molecule has 30 heavy (non-hydrogen) atoms. The summed E-state index contributed by atoms with van der Waals surface area (Å²) in [7, 11) is 0. The van der Waals surface area contributed by atoms with Gasteiger partial charge in [-0.1, -0.05) is 25.7 Å². The van der Waals surface area contributed by atoms with Crippen LogP contribution in [0.1, 0.15) is 46.7 Å². The lowest BCUT2D eigenvalue weighted by Crippen LogP contribution is -2.41. The lowest BCUT2D eigenvalue weighted by atomic mass is 9.98. The Morgan fingerprint density at radius 2 is 2.17 bits per heavy atom. The van der Waals surface area contributed by atoms with E-state index < -0.39 is 12.0 Å². The summed E-state index contributed by atoms with van der Waals surface area (Å²) < 4.78 is 6.50. The third-order valence-corrected chi connectivity index (χ3v) is 7.12. The standard InChI is InChI=1S/C21H24BrN3O4S/c22-14-10-17-20(23-11-14)29-8-7-25(17)12-15-5-6-18(30-15)19(26)24-16(21(27)28)9-13-3-1-2-4-13/h5-6,10-11,13,16H,1-4,7-9,12H2,(H,24,26)(H,27,28)/t16-/m0/s1. The van der Waals surface area contributed by atoms with Crippen molar-refractivity contribution >= 4 is 44.8 Å². The molecule has 0 spiro atoms. The number of thiophene rings is 1. The highest BCUT2D eigenvalue weighted by Gasteiger charge is 2.27. The van der Waals surface area contributed by atoms with E-state index in [0.29, 0.717) is 36.2 Å². The molecular weight excluding hydrogens is 470 g/mol. The summed E-state index contributed by atoms with van der Waals surface area (Å²) in [6, 6.07) is 4.83. The summed E-state index contributed by atoms with van der Waals surface area (Å²) in [4.78, 5) is 32.3. The van der Waals surface area contributed by atoms with E-state index in [-0.39, 0.29) is 5.91 Å². The zero-order chi connectivity index (χ0) is 21.1. The van der Waals surface area contributed by atoms with Crippen molar-refractivity contribution < 1.29 is 19.4 Å². The third kappa shape index (κ3) is 4.95. The molecule has 0 unspecified atom stereocenters. The van der Waals surface area contributed by atoms with Gasteiger partial charge in [-0.15, -0.1) is 11.3 Å². The van der Waals surface area contributed by atoms with Crippen LogP contribution in [0.5, 0.6) is 5.88 Å².